The van der Waals surface area contributed by atoms with Crippen molar-refractivity contribution in [3.63, 3.8) is 0 Å². The van der Waals surface area contributed by atoms with Crippen molar-refractivity contribution in [3.8, 4) is 0 Å². The zero-order chi connectivity index (χ0) is 8.97. The van der Waals surface area contributed by atoms with Gasteiger partial charge in [0.25, 0.3) is 0 Å². The molecule has 1 aromatic heterocycles. The molecule has 0 saturated heterocycles. The lowest BCUT2D eigenvalue weighted by Crippen LogP contribution is -2.04. The molecule has 0 unspecified atom stereocenters. The third-order valence-electron chi connectivity index (χ3n) is 1.22. The highest BCUT2D eigenvalue weighted by molar-refractivity contribution is 7.17. The third-order valence-corrected chi connectivity index (χ3v) is 2.22. The maximum absolute atomic E-state index is 11.1. The quantitative estimate of drug-likeness (QED) is 0.423. The van der Waals surface area contributed by atoms with Gasteiger partial charge in [0.1, 0.15) is 9.88 Å². The van der Waals surface area contributed by atoms with E-state index in [0.29, 0.717) is 11.5 Å². The van der Waals surface area contributed by atoms with Gasteiger partial charge in [-0.15, -0.1) is 11.3 Å². The minimum atomic E-state index is -0.302. The van der Waals surface area contributed by atoms with Gasteiger partial charge in [-0.3, -0.25) is 0 Å². The van der Waals surface area contributed by atoms with Crippen molar-refractivity contribution in [3.05, 3.63) is 17.0 Å². The van der Waals surface area contributed by atoms with Crippen LogP contribution in [0.15, 0.2) is 12.1 Å². The van der Waals surface area contributed by atoms with Gasteiger partial charge in [-0.2, -0.15) is 0 Å². The first-order valence-corrected chi connectivity index (χ1v) is 4.33. The first-order chi connectivity index (χ1) is 5.77. The first-order valence-electron chi connectivity index (χ1n) is 3.51. The zero-order valence-corrected chi connectivity index (χ0v) is 7.48. The van der Waals surface area contributed by atoms with E-state index in [-0.39, 0.29) is 5.97 Å². The normalized spacial score (nSPS) is 9.50. The molecule has 0 atom stereocenters. The van der Waals surface area contributed by atoms with Crippen LogP contribution < -0.4 is 11.3 Å². The molecule has 0 bridgehead atoms. The number of nitrogens with two attached hydrogens (primary N) is 1. The molecule has 0 aliphatic rings. The Morgan fingerprint density at radius 2 is 2.50 bits per heavy atom. The van der Waals surface area contributed by atoms with Gasteiger partial charge in [-0.05, 0) is 19.1 Å². The van der Waals surface area contributed by atoms with E-state index in [1.165, 1.54) is 11.3 Å². The lowest BCUT2D eigenvalue weighted by Gasteiger charge is -1.96. The van der Waals surface area contributed by atoms with Crippen molar-refractivity contribution in [1.82, 2.24) is 0 Å². The van der Waals surface area contributed by atoms with Crippen LogP contribution in [0.1, 0.15) is 16.6 Å². The van der Waals surface area contributed by atoms with Gasteiger partial charge in [0.05, 0.1) is 6.61 Å². The van der Waals surface area contributed by atoms with E-state index in [0.717, 1.165) is 5.00 Å². The smallest absolute Gasteiger partial charge is 0.348 e. The number of rotatable bonds is 3. The van der Waals surface area contributed by atoms with E-state index >= 15 is 0 Å². The fourth-order valence-corrected chi connectivity index (χ4v) is 1.44. The molecule has 5 heteroatoms. The number of carbonyl (C=O) groups is 1. The summed E-state index contributed by atoms with van der Waals surface area (Å²) in [6.45, 7) is 2.16. The summed E-state index contributed by atoms with van der Waals surface area (Å²) in [5.41, 5.74) is 2.46. The molecule has 0 aliphatic heterocycles. The van der Waals surface area contributed by atoms with Crippen LogP contribution in [-0.2, 0) is 4.74 Å². The van der Waals surface area contributed by atoms with E-state index < -0.39 is 0 Å². The minimum absolute atomic E-state index is 0.302. The monoisotopic (exact) mass is 186 g/mol. The summed E-state index contributed by atoms with van der Waals surface area (Å²) in [7, 11) is 0. The Morgan fingerprint density at radius 3 is 3.00 bits per heavy atom. The molecule has 3 N–H and O–H groups in total. The number of nitrogen functional groups attached to an aromatic ring is 1. The van der Waals surface area contributed by atoms with Crippen molar-refractivity contribution in [1.29, 1.82) is 0 Å². The van der Waals surface area contributed by atoms with Crippen LogP contribution in [0.4, 0.5) is 5.00 Å². The average Bonchev–Trinajstić information content (AvgIpc) is 2.52. The predicted molar refractivity (Wildman–Crippen MR) is 48.1 cm³/mol. The fraction of sp³-hybridized carbons (Fsp3) is 0.286. The number of hydrogen-bond acceptors (Lipinski definition) is 5. The van der Waals surface area contributed by atoms with E-state index in [1.54, 1.807) is 19.1 Å². The third kappa shape index (κ3) is 1.96. The van der Waals surface area contributed by atoms with Crippen molar-refractivity contribution in [2.24, 2.45) is 5.84 Å². The molecule has 0 saturated carbocycles. The Bertz CT molecular complexity index is 272. The summed E-state index contributed by atoms with van der Waals surface area (Å²) >= 11 is 1.27. The van der Waals surface area contributed by atoms with Crippen LogP contribution in [-0.4, -0.2) is 12.6 Å². The van der Waals surface area contributed by atoms with Gasteiger partial charge in [0.2, 0.25) is 0 Å². The maximum atomic E-state index is 11.1. The average molecular weight is 186 g/mol. The first kappa shape index (κ1) is 9.02. The molecule has 4 nitrogen and oxygen atoms in total. The second kappa shape index (κ2) is 4.08. The van der Waals surface area contributed by atoms with Gasteiger partial charge in [-0.1, -0.05) is 0 Å². The Morgan fingerprint density at radius 1 is 1.75 bits per heavy atom. The number of ether oxygens (including phenoxy) is 1. The SMILES string of the molecule is CCOC(=O)c1ccc(NN)s1. The predicted octanol–water partition coefficient (Wildman–Crippen LogP) is 1.21. The summed E-state index contributed by atoms with van der Waals surface area (Å²) in [6, 6.07) is 3.41. The highest BCUT2D eigenvalue weighted by atomic mass is 32.1. The summed E-state index contributed by atoms with van der Waals surface area (Å²) in [6.07, 6.45) is 0. The molecule has 0 radical (unpaired) electrons. The largest absolute Gasteiger partial charge is 0.462 e. The number of thiophene rings is 1. The highest BCUT2D eigenvalue weighted by Gasteiger charge is 2.08. The van der Waals surface area contributed by atoms with Gasteiger partial charge >= 0.3 is 5.97 Å². The summed E-state index contributed by atoms with van der Waals surface area (Å²) < 4.78 is 4.79. The Labute approximate surface area is 74.3 Å². The maximum Gasteiger partial charge on any atom is 0.348 e. The molecule has 0 amide bonds. The van der Waals surface area contributed by atoms with E-state index in [4.69, 9.17) is 10.6 Å². The molecular weight excluding hydrogens is 176 g/mol. The van der Waals surface area contributed by atoms with Crippen LogP contribution in [0.3, 0.4) is 0 Å². The van der Waals surface area contributed by atoms with E-state index in [9.17, 15) is 4.79 Å². The Balaban J connectivity index is 2.68. The van der Waals surface area contributed by atoms with Crippen molar-refractivity contribution in [2.75, 3.05) is 12.0 Å². The molecule has 0 spiro atoms. The molecule has 12 heavy (non-hydrogen) atoms. The Hall–Kier alpha value is -1.07. The van der Waals surface area contributed by atoms with Crippen LogP contribution in [0.5, 0.6) is 0 Å². The zero-order valence-electron chi connectivity index (χ0n) is 6.66. The summed E-state index contributed by atoms with van der Waals surface area (Å²) in [5.74, 6) is 4.84. The molecular formula is C7H10N2O2S. The topological polar surface area (TPSA) is 64.3 Å². The second-order valence-electron chi connectivity index (χ2n) is 2.03. The highest BCUT2D eigenvalue weighted by Crippen LogP contribution is 2.21. The minimum Gasteiger partial charge on any atom is -0.462 e. The van der Waals surface area contributed by atoms with Crippen LogP contribution in [0.2, 0.25) is 0 Å². The molecule has 66 valence electrons. The van der Waals surface area contributed by atoms with Gasteiger partial charge in [-0.25, -0.2) is 10.6 Å². The van der Waals surface area contributed by atoms with Gasteiger partial charge < -0.3 is 10.2 Å². The van der Waals surface area contributed by atoms with Gasteiger partial charge in [0, 0.05) is 0 Å². The number of hydrogen-bond donors (Lipinski definition) is 2. The number of anilines is 1. The summed E-state index contributed by atoms with van der Waals surface area (Å²) in [4.78, 5) is 11.7. The molecule has 1 aromatic rings. The standard InChI is InChI=1S/C7H10N2O2S/c1-2-11-7(10)5-3-4-6(9-8)12-5/h3-4,9H,2,8H2,1H3. The fourth-order valence-electron chi connectivity index (χ4n) is 0.727. The molecule has 0 aliphatic carbocycles. The molecule has 1 heterocycles. The number of carbonyl (C=O) groups excluding carboxylic acids is 1. The van der Waals surface area contributed by atoms with Crippen molar-refractivity contribution in [2.45, 2.75) is 6.92 Å². The van der Waals surface area contributed by atoms with Gasteiger partial charge in [0.15, 0.2) is 0 Å². The molecule has 0 aromatic carbocycles. The lowest BCUT2D eigenvalue weighted by atomic mass is 10.5. The Kier molecular flexibility index (Phi) is 3.07. The molecule has 1 rings (SSSR count). The van der Waals surface area contributed by atoms with E-state index in [1.807, 2.05) is 0 Å². The van der Waals surface area contributed by atoms with Crippen molar-refractivity contribution >= 4 is 22.3 Å². The van der Waals surface area contributed by atoms with Crippen molar-refractivity contribution < 1.29 is 9.53 Å². The van der Waals surface area contributed by atoms with Crippen LogP contribution in [0, 0.1) is 0 Å². The number of nitrogens with one attached hydrogen (secondary N) is 1. The molecule has 0 fully saturated rings. The van der Waals surface area contributed by atoms with E-state index in [2.05, 4.69) is 5.43 Å². The van der Waals surface area contributed by atoms with Crippen LogP contribution in [0.25, 0.3) is 0 Å². The second-order valence-corrected chi connectivity index (χ2v) is 3.11. The lowest BCUT2D eigenvalue weighted by molar-refractivity contribution is 0.0532. The number of hydrazine groups is 1. The number of esters is 1. The van der Waals surface area contributed by atoms with Crippen LogP contribution >= 0.6 is 11.3 Å². The summed E-state index contributed by atoms with van der Waals surface area (Å²) in [5, 5.41) is 0.748.